The number of carbonyl (C=O) groups excluding carboxylic acids is 2. The number of nitrogens with one attached hydrogen (secondary N) is 1. The van der Waals surface area contributed by atoms with E-state index < -0.39 is 11.7 Å². The Bertz CT molecular complexity index is 605. The van der Waals surface area contributed by atoms with Gasteiger partial charge in [-0.25, -0.2) is 9.97 Å². The summed E-state index contributed by atoms with van der Waals surface area (Å²) in [6.07, 6.45) is 1.99. The number of piperidine rings is 1. The van der Waals surface area contributed by atoms with E-state index in [1.54, 1.807) is 0 Å². The zero-order chi connectivity index (χ0) is 17.9. The molecule has 0 saturated carbocycles. The molecule has 2 heterocycles. The number of hydrogen-bond acceptors (Lipinski definition) is 6. The predicted octanol–water partition coefficient (Wildman–Crippen LogP) is -0.326. The van der Waals surface area contributed by atoms with Crippen molar-refractivity contribution >= 4 is 11.8 Å². The van der Waals surface area contributed by atoms with Crippen LogP contribution in [0.1, 0.15) is 49.3 Å². The van der Waals surface area contributed by atoms with Crippen molar-refractivity contribution in [2.24, 2.45) is 0 Å². The standard InChI is InChI=1S/C16H24N4O4/c1-10(2)14-17-6-12(7-18-14)15(23)20-5-4-16(24,13(22)8-20)9-19-11(3)21/h6-7,10,13,22,24H,4-5,8-9H2,1-3H3,(H,19,21)/t13-,16-/m1/s1. The summed E-state index contributed by atoms with van der Waals surface area (Å²) in [5.74, 6) is 0.270. The molecule has 0 aliphatic carbocycles. The molecule has 1 aromatic heterocycles. The van der Waals surface area contributed by atoms with Gasteiger partial charge < -0.3 is 20.4 Å². The fraction of sp³-hybridized carbons (Fsp3) is 0.625. The predicted molar refractivity (Wildman–Crippen MR) is 86.3 cm³/mol. The van der Waals surface area contributed by atoms with Gasteiger partial charge in [0.1, 0.15) is 17.5 Å². The van der Waals surface area contributed by atoms with Gasteiger partial charge in [-0.1, -0.05) is 13.8 Å². The second kappa shape index (κ2) is 7.23. The Morgan fingerprint density at radius 3 is 2.54 bits per heavy atom. The second-order valence-electron chi connectivity index (χ2n) is 6.51. The molecule has 2 amide bonds. The largest absolute Gasteiger partial charge is 0.388 e. The Balaban J connectivity index is 2.01. The van der Waals surface area contributed by atoms with Gasteiger partial charge in [0.05, 0.1) is 5.56 Å². The zero-order valence-electron chi connectivity index (χ0n) is 14.2. The highest BCUT2D eigenvalue weighted by Gasteiger charge is 2.42. The number of amides is 2. The molecule has 0 aromatic carbocycles. The van der Waals surface area contributed by atoms with Crippen molar-refractivity contribution in [3.63, 3.8) is 0 Å². The summed E-state index contributed by atoms with van der Waals surface area (Å²) in [5.41, 5.74) is -1.08. The maximum Gasteiger partial charge on any atom is 0.257 e. The third-order valence-corrected chi connectivity index (χ3v) is 4.19. The van der Waals surface area contributed by atoms with Gasteiger partial charge >= 0.3 is 0 Å². The molecule has 0 unspecified atom stereocenters. The summed E-state index contributed by atoms with van der Waals surface area (Å²) < 4.78 is 0. The van der Waals surface area contributed by atoms with Gasteiger partial charge in [0, 0.05) is 44.9 Å². The Morgan fingerprint density at radius 2 is 2.04 bits per heavy atom. The molecule has 1 aromatic rings. The number of nitrogens with zero attached hydrogens (tertiary/aromatic N) is 3. The lowest BCUT2D eigenvalue weighted by Gasteiger charge is -2.42. The topological polar surface area (TPSA) is 116 Å². The molecule has 0 spiro atoms. The van der Waals surface area contributed by atoms with Gasteiger partial charge in [-0.05, 0) is 6.42 Å². The van der Waals surface area contributed by atoms with E-state index in [0.29, 0.717) is 11.4 Å². The summed E-state index contributed by atoms with van der Waals surface area (Å²) in [7, 11) is 0. The van der Waals surface area contributed by atoms with E-state index in [4.69, 9.17) is 0 Å². The smallest absolute Gasteiger partial charge is 0.257 e. The second-order valence-corrected chi connectivity index (χ2v) is 6.51. The summed E-state index contributed by atoms with van der Waals surface area (Å²) >= 11 is 0. The Morgan fingerprint density at radius 1 is 1.42 bits per heavy atom. The molecule has 8 heteroatoms. The van der Waals surface area contributed by atoms with Crippen LogP contribution in [-0.4, -0.2) is 68.2 Å². The lowest BCUT2D eigenvalue weighted by Crippen LogP contribution is -2.61. The number of aromatic nitrogens is 2. The molecular formula is C16H24N4O4. The van der Waals surface area contributed by atoms with Crippen LogP contribution in [0.3, 0.4) is 0 Å². The van der Waals surface area contributed by atoms with Crippen molar-refractivity contribution < 1.29 is 19.8 Å². The number of likely N-dealkylation sites (tertiary alicyclic amines) is 1. The highest BCUT2D eigenvalue weighted by atomic mass is 16.3. The fourth-order valence-corrected chi connectivity index (χ4v) is 2.56. The first kappa shape index (κ1) is 18.3. The minimum absolute atomic E-state index is 0.0130. The maximum atomic E-state index is 12.5. The van der Waals surface area contributed by atoms with Gasteiger partial charge in [0.2, 0.25) is 5.91 Å². The summed E-state index contributed by atoms with van der Waals surface area (Å²) in [6, 6.07) is 0. The van der Waals surface area contributed by atoms with Crippen LogP contribution in [0.5, 0.6) is 0 Å². The molecule has 2 rings (SSSR count). The van der Waals surface area contributed by atoms with E-state index in [2.05, 4.69) is 15.3 Å². The van der Waals surface area contributed by atoms with Crippen LogP contribution in [0.25, 0.3) is 0 Å². The van der Waals surface area contributed by atoms with Crippen LogP contribution in [-0.2, 0) is 4.79 Å². The van der Waals surface area contributed by atoms with E-state index in [0.717, 1.165) is 0 Å². The first-order valence-corrected chi connectivity index (χ1v) is 7.99. The molecule has 8 nitrogen and oxygen atoms in total. The number of carbonyl (C=O) groups is 2. The molecule has 1 aliphatic rings. The van der Waals surface area contributed by atoms with Crippen molar-refractivity contribution in [1.29, 1.82) is 0 Å². The molecule has 2 atom stereocenters. The minimum atomic E-state index is -1.43. The Labute approximate surface area is 140 Å². The van der Waals surface area contributed by atoms with Gasteiger partial charge in [0.25, 0.3) is 5.91 Å². The first-order valence-electron chi connectivity index (χ1n) is 7.99. The van der Waals surface area contributed by atoms with Crippen molar-refractivity contribution in [2.75, 3.05) is 19.6 Å². The normalized spacial score (nSPS) is 24.1. The van der Waals surface area contributed by atoms with Crippen molar-refractivity contribution in [3.05, 3.63) is 23.8 Å². The van der Waals surface area contributed by atoms with Crippen LogP contribution >= 0.6 is 0 Å². The molecule has 0 radical (unpaired) electrons. The molecule has 1 aliphatic heterocycles. The number of aliphatic hydroxyl groups excluding tert-OH is 1. The molecule has 1 saturated heterocycles. The van der Waals surface area contributed by atoms with Crippen LogP contribution in [0, 0.1) is 0 Å². The monoisotopic (exact) mass is 336 g/mol. The molecule has 132 valence electrons. The highest BCUT2D eigenvalue weighted by molar-refractivity contribution is 5.93. The van der Waals surface area contributed by atoms with Crippen LogP contribution in [0.4, 0.5) is 0 Å². The van der Waals surface area contributed by atoms with Gasteiger partial charge in [-0.2, -0.15) is 0 Å². The third kappa shape index (κ3) is 4.07. The van der Waals surface area contributed by atoms with E-state index in [9.17, 15) is 19.8 Å². The number of hydrogen-bond donors (Lipinski definition) is 3. The number of β-amino-alcohol motifs (C(OH)–C–C–N with tert-alkyl or cyclic N) is 1. The van der Waals surface area contributed by atoms with Crippen molar-refractivity contribution in [3.8, 4) is 0 Å². The van der Waals surface area contributed by atoms with E-state index in [-0.39, 0.29) is 43.8 Å². The zero-order valence-corrected chi connectivity index (χ0v) is 14.2. The fourth-order valence-electron chi connectivity index (χ4n) is 2.56. The quantitative estimate of drug-likeness (QED) is 0.694. The first-order chi connectivity index (χ1) is 11.2. The number of rotatable bonds is 4. The summed E-state index contributed by atoms with van der Waals surface area (Å²) in [5, 5.41) is 23.1. The summed E-state index contributed by atoms with van der Waals surface area (Å²) in [4.78, 5) is 33.3. The average Bonchev–Trinajstić information content (AvgIpc) is 2.55. The molecule has 0 bridgehead atoms. The molecular weight excluding hydrogens is 312 g/mol. The lowest BCUT2D eigenvalue weighted by atomic mass is 9.88. The van der Waals surface area contributed by atoms with Gasteiger partial charge in [-0.3, -0.25) is 9.59 Å². The molecule has 24 heavy (non-hydrogen) atoms. The van der Waals surface area contributed by atoms with E-state index in [1.165, 1.54) is 24.2 Å². The van der Waals surface area contributed by atoms with Crippen LogP contribution < -0.4 is 5.32 Å². The van der Waals surface area contributed by atoms with Crippen molar-refractivity contribution in [2.45, 2.75) is 44.8 Å². The van der Waals surface area contributed by atoms with E-state index in [1.807, 2.05) is 13.8 Å². The van der Waals surface area contributed by atoms with E-state index >= 15 is 0 Å². The van der Waals surface area contributed by atoms with Gasteiger partial charge in [0.15, 0.2) is 0 Å². The minimum Gasteiger partial charge on any atom is -0.388 e. The molecule has 1 fully saturated rings. The maximum absolute atomic E-state index is 12.5. The summed E-state index contributed by atoms with van der Waals surface area (Å²) in [6.45, 7) is 5.49. The Hall–Kier alpha value is -2.06. The third-order valence-electron chi connectivity index (χ3n) is 4.19. The SMILES string of the molecule is CC(=O)NC[C@]1(O)CCN(C(=O)c2cnc(C(C)C)nc2)C[C@H]1O. The molecule has 3 N–H and O–H groups in total. The van der Waals surface area contributed by atoms with Gasteiger partial charge in [-0.15, -0.1) is 0 Å². The van der Waals surface area contributed by atoms with Crippen LogP contribution in [0.2, 0.25) is 0 Å². The van der Waals surface area contributed by atoms with Crippen molar-refractivity contribution in [1.82, 2.24) is 20.2 Å². The highest BCUT2D eigenvalue weighted by Crippen LogP contribution is 2.23. The lowest BCUT2D eigenvalue weighted by molar-refractivity contribution is -0.127. The Kier molecular flexibility index (Phi) is 5.51. The number of aliphatic hydroxyl groups is 2. The van der Waals surface area contributed by atoms with Crippen LogP contribution in [0.15, 0.2) is 12.4 Å². The average molecular weight is 336 g/mol.